The van der Waals surface area contributed by atoms with Crippen LogP contribution in [0.1, 0.15) is 0 Å². The molecule has 8 rings (SSSR count). The molecular formula is C30H18N4S. The van der Waals surface area contributed by atoms with E-state index in [0.717, 1.165) is 33.4 Å². The summed E-state index contributed by atoms with van der Waals surface area (Å²) in [5, 5.41) is 4.91. The van der Waals surface area contributed by atoms with E-state index in [1.54, 1.807) is 6.33 Å². The van der Waals surface area contributed by atoms with Crippen molar-refractivity contribution in [2.24, 2.45) is 0 Å². The summed E-state index contributed by atoms with van der Waals surface area (Å²) in [4.78, 5) is 9.19. The molecule has 4 nitrogen and oxygen atoms in total. The Bertz CT molecular complexity index is 2060. The Morgan fingerprint density at radius 3 is 2.26 bits per heavy atom. The third-order valence-corrected chi connectivity index (χ3v) is 8.02. The first kappa shape index (κ1) is 18.9. The number of hydrogen-bond acceptors (Lipinski definition) is 3. The lowest BCUT2D eigenvalue weighted by atomic mass is 10.1. The lowest BCUT2D eigenvalue weighted by Crippen LogP contribution is -2.01. The lowest BCUT2D eigenvalue weighted by Gasteiger charge is -2.12. The molecule has 35 heavy (non-hydrogen) atoms. The van der Waals surface area contributed by atoms with Gasteiger partial charge in [-0.3, -0.25) is 9.13 Å². The van der Waals surface area contributed by atoms with Gasteiger partial charge >= 0.3 is 0 Å². The maximum Gasteiger partial charge on any atom is 0.133 e. The van der Waals surface area contributed by atoms with Gasteiger partial charge in [-0.1, -0.05) is 54.6 Å². The monoisotopic (exact) mass is 466 g/mol. The van der Waals surface area contributed by atoms with E-state index in [-0.39, 0.29) is 0 Å². The Hall–Kier alpha value is -4.48. The van der Waals surface area contributed by atoms with Crippen LogP contribution in [0.4, 0.5) is 0 Å². The van der Waals surface area contributed by atoms with Crippen molar-refractivity contribution in [3.05, 3.63) is 110 Å². The number of aromatic nitrogens is 4. The van der Waals surface area contributed by atoms with Crippen LogP contribution >= 0.6 is 11.3 Å². The van der Waals surface area contributed by atoms with Crippen molar-refractivity contribution in [2.75, 3.05) is 0 Å². The Morgan fingerprint density at radius 2 is 1.34 bits per heavy atom. The van der Waals surface area contributed by atoms with Crippen LogP contribution in [-0.2, 0) is 0 Å². The fourth-order valence-corrected chi connectivity index (χ4v) is 6.50. The summed E-state index contributed by atoms with van der Waals surface area (Å²) in [6, 6.07) is 34.6. The topological polar surface area (TPSA) is 35.6 Å². The predicted molar refractivity (Wildman–Crippen MR) is 146 cm³/mol. The first-order valence-corrected chi connectivity index (χ1v) is 12.4. The average molecular weight is 467 g/mol. The molecule has 164 valence electrons. The van der Waals surface area contributed by atoms with E-state index >= 15 is 0 Å². The number of para-hydroxylation sites is 2. The van der Waals surface area contributed by atoms with Gasteiger partial charge in [-0.25, -0.2) is 9.97 Å². The molecule has 0 aliphatic carbocycles. The van der Waals surface area contributed by atoms with Crippen molar-refractivity contribution in [3.63, 3.8) is 0 Å². The van der Waals surface area contributed by atoms with Crippen LogP contribution in [0.25, 0.3) is 64.5 Å². The standard InChI is InChI=1S/C30H18N4S/c1-2-8-19(9-3-1)33-24-12-6-4-11-22(24)28-29-25(17-31-18-32-29)34(30(28)33)20-14-15-27-23(16-20)21-10-5-7-13-26(21)35-27/h1-18H. The molecule has 0 fully saturated rings. The van der Waals surface area contributed by atoms with Gasteiger partial charge in [-0.05, 0) is 42.5 Å². The average Bonchev–Trinajstić information content (AvgIpc) is 3.56. The van der Waals surface area contributed by atoms with Crippen molar-refractivity contribution >= 4 is 64.5 Å². The molecule has 0 N–H and O–H groups in total. The summed E-state index contributed by atoms with van der Waals surface area (Å²) in [5.74, 6) is 0. The van der Waals surface area contributed by atoms with Crippen molar-refractivity contribution < 1.29 is 0 Å². The highest BCUT2D eigenvalue weighted by molar-refractivity contribution is 7.25. The third kappa shape index (κ3) is 2.56. The molecule has 0 bridgehead atoms. The van der Waals surface area contributed by atoms with Gasteiger partial charge in [0.15, 0.2) is 0 Å². The third-order valence-electron chi connectivity index (χ3n) is 6.87. The van der Waals surface area contributed by atoms with E-state index in [1.807, 2.05) is 17.5 Å². The number of fused-ring (bicyclic) bond motifs is 8. The number of thiophene rings is 1. The highest BCUT2D eigenvalue weighted by Crippen LogP contribution is 2.41. The van der Waals surface area contributed by atoms with Crippen molar-refractivity contribution in [1.29, 1.82) is 0 Å². The quantitative estimate of drug-likeness (QED) is 0.260. The maximum atomic E-state index is 4.77. The van der Waals surface area contributed by atoms with E-state index in [4.69, 9.17) is 4.98 Å². The Labute approximate surface area is 204 Å². The van der Waals surface area contributed by atoms with E-state index in [9.17, 15) is 0 Å². The van der Waals surface area contributed by atoms with Crippen LogP contribution in [0.15, 0.2) is 110 Å². The lowest BCUT2D eigenvalue weighted by molar-refractivity contribution is 1.06. The van der Waals surface area contributed by atoms with Gasteiger partial charge in [-0.15, -0.1) is 11.3 Å². The molecule has 0 atom stereocenters. The zero-order valence-electron chi connectivity index (χ0n) is 18.6. The number of rotatable bonds is 2. The van der Waals surface area contributed by atoms with Gasteiger partial charge in [0, 0.05) is 36.9 Å². The Balaban J connectivity index is 1.58. The van der Waals surface area contributed by atoms with Crippen LogP contribution in [0, 0.1) is 0 Å². The van der Waals surface area contributed by atoms with E-state index < -0.39 is 0 Å². The SMILES string of the molecule is c1ccc(-n2c3ccccc3c3c4ncncc4n(-c4ccc5sc6ccccc6c5c4)c32)cc1. The molecule has 0 radical (unpaired) electrons. The van der Waals surface area contributed by atoms with Crippen molar-refractivity contribution in [3.8, 4) is 11.4 Å². The van der Waals surface area contributed by atoms with E-state index in [1.165, 1.54) is 31.1 Å². The minimum Gasteiger partial charge on any atom is -0.295 e. The highest BCUT2D eigenvalue weighted by atomic mass is 32.1. The van der Waals surface area contributed by atoms with Gasteiger partial charge in [0.2, 0.25) is 0 Å². The van der Waals surface area contributed by atoms with Crippen molar-refractivity contribution in [2.45, 2.75) is 0 Å². The maximum absolute atomic E-state index is 4.77. The fourth-order valence-electron chi connectivity index (χ4n) is 5.42. The van der Waals surface area contributed by atoms with Crippen LogP contribution in [0.3, 0.4) is 0 Å². The van der Waals surface area contributed by atoms with Gasteiger partial charge in [0.05, 0.1) is 22.6 Å². The molecule has 4 heterocycles. The molecule has 0 aliphatic rings. The minimum atomic E-state index is 0.969. The first-order chi connectivity index (χ1) is 17.4. The summed E-state index contributed by atoms with van der Waals surface area (Å²) in [5.41, 5.74) is 6.48. The van der Waals surface area contributed by atoms with E-state index in [0.29, 0.717) is 0 Å². The van der Waals surface area contributed by atoms with E-state index in [2.05, 4.69) is 111 Å². The molecular weight excluding hydrogens is 448 g/mol. The van der Waals surface area contributed by atoms with Gasteiger partial charge in [0.1, 0.15) is 17.5 Å². The second kappa shape index (κ2) is 7.01. The number of hydrogen-bond donors (Lipinski definition) is 0. The smallest absolute Gasteiger partial charge is 0.133 e. The molecule has 0 unspecified atom stereocenters. The van der Waals surface area contributed by atoms with Crippen molar-refractivity contribution in [1.82, 2.24) is 19.1 Å². The number of benzene rings is 4. The molecule has 5 heteroatoms. The molecule has 0 spiro atoms. The Morgan fingerprint density at radius 1 is 0.600 bits per heavy atom. The van der Waals surface area contributed by atoms with Crippen LogP contribution < -0.4 is 0 Å². The first-order valence-electron chi connectivity index (χ1n) is 11.6. The van der Waals surface area contributed by atoms with Crippen LogP contribution in [-0.4, -0.2) is 19.1 Å². The molecule has 4 aromatic heterocycles. The molecule has 0 saturated carbocycles. The summed E-state index contributed by atoms with van der Waals surface area (Å²) in [6.07, 6.45) is 3.58. The normalized spacial score (nSPS) is 12.0. The van der Waals surface area contributed by atoms with Crippen LogP contribution in [0.2, 0.25) is 0 Å². The second-order valence-electron chi connectivity index (χ2n) is 8.76. The highest BCUT2D eigenvalue weighted by Gasteiger charge is 2.23. The van der Waals surface area contributed by atoms with Gasteiger partial charge < -0.3 is 0 Å². The summed E-state index contributed by atoms with van der Waals surface area (Å²) >= 11 is 1.84. The zero-order valence-corrected chi connectivity index (χ0v) is 19.4. The molecule has 4 aromatic carbocycles. The predicted octanol–water partition coefficient (Wildman–Crippen LogP) is 7.89. The fraction of sp³-hybridized carbons (Fsp3) is 0. The van der Waals surface area contributed by atoms with Gasteiger partial charge in [0.25, 0.3) is 0 Å². The molecule has 0 saturated heterocycles. The molecule has 8 aromatic rings. The van der Waals surface area contributed by atoms with Gasteiger partial charge in [-0.2, -0.15) is 0 Å². The van der Waals surface area contributed by atoms with Crippen LogP contribution in [0.5, 0.6) is 0 Å². The second-order valence-corrected chi connectivity index (χ2v) is 9.84. The summed E-state index contributed by atoms with van der Waals surface area (Å²) in [6.45, 7) is 0. The zero-order chi connectivity index (χ0) is 22.9. The number of nitrogens with zero attached hydrogens (tertiary/aromatic N) is 4. The molecule has 0 amide bonds. The largest absolute Gasteiger partial charge is 0.295 e. The summed E-state index contributed by atoms with van der Waals surface area (Å²) in [7, 11) is 0. The molecule has 0 aliphatic heterocycles. The minimum absolute atomic E-state index is 0.969. The Kier molecular flexibility index (Phi) is 3.78. The summed E-state index contributed by atoms with van der Waals surface area (Å²) < 4.78 is 7.28.